The third-order valence-corrected chi connectivity index (χ3v) is 5.29. The van der Waals surface area contributed by atoms with Gasteiger partial charge in [0.05, 0.1) is 11.7 Å². The van der Waals surface area contributed by atoms with Gasteiger partial charge in [0.1, 0.15) is 12.3 Å². The largest absolute Gasteiger partial charge is 0.456 e. The number of para-hydroxylation sites is 1. The first-order valence-corrected chi connectivity index (χ1v) is 8.52. The molecular formula is C20H12F4N2O2. The number of aromatic amines is 1. The molecule has 1 N–H and O–H groups in total. The van der Waals surface area contributed by atoms with Crippen LogP contribution in [0, 0.1) is 0 Å². The number of nitrogens with zero attached hydrogens (tertiary/aromatic N) is 1. The topological polar surface area (TPSA) is 55.0 Å². The zero-order chi connectivity index (χ0) is 19.7. The van der Waals surface area contributed by atoms with Crippen molar-refractivity contribution in [2.75, 3.05) is 6.61 Å². The van der Waals surface area contributed by atoms with Crippen molar-refractivity contribution in [3.8, 4) is 0 Å². The van der Waals surface area contributed by atoms with E-state index in [4.69, 9.17) is 4.74 Å². The molecule has 2 unspecified atom stereocenters. The van der Waals surface area contributed by atoms with E-state index in [1.807, 2.05) is 24.3 Å². The van der Waals surface area contributed by atoms with Crippen LogP contribution in [0.25, 0.3) is 21.8 Å². The van der Waals surface area contributed by atoms with Crippen molar-refractivity contribution in [2.45, 2.75) is 17.8 Å². The molecule has 8 heteroatoms. The molecule has 0 amide bonds. The zero-order valence-electron chi connectivity index (χ0n) is 14.2. The van der Waals surface area contributed by atoms with E-state index in [0.29, 0.717) is 11.6 Å². The molecule has 2 aliphatic carbocycles. The fourth-order valence-corrected chi connectivity index (χ4v) is 3.67. The highest BCUT2D eigenvalue weighted by atomic mass is 19.2. The van der Waals surface area contributed by atoms with Gasteiger partial charge in [0.15, 0.2) is 23.0 Å². The van der Waals surface area contributed by atoms with E-state index in [-0.39, 0.29) is 5.69 Å². The molecule has 0 radical (unpaired) electrons. The minimum Gasteiger partial charge on any atom is -0.456 e. The zero-order valence-corrected chi connectivity index (χ0v) is 14.2. The number of nitrogens with one attached hydrogen (secondary N) is 1. The van der Waals surface area contributed by atoms with E-state index in [2.05, 4.69) is 9.97 Å². The number of carbonyl (C=O) groups excluding carboxylic acids is 1. The number of fused-ring (bicyclic) bond motifs is 4. The Kier molecular flexibility index (Phi) is 3.29. The fraction of sp³-hybridized carbons (Fsp3) is 0.200. The van der Waals surface area contributed by atoms with Gasteiger partial charge in [-0.1, -0.05) is 18.2 Å². The summed E-state index contributed by atoms with van der Waals surface area (Å²) in [7, 11) is 0. The third-order valence-electron chi connectivity index (χ3n) is 5.29. The maximum Gasteiger partial charge on any atom is 0.357 e. The van der Waals surface area contributed by atoms with Crippen molar-refractivity contribution >= 4 is 27.8 Å². The first-order chi connectivity index (χ1) is 13.3. The predicted molar refractivity (Wildman–Crippen MR) is 93.5 cm³/mol. The number of alkyl halides is 2. The molecule has 4 nitrogen and oxygen atoms in total. The second-order valence-corrected chi connectivity index (χ2v) is 6.99. The fourth-order valence-electron chi connectivity index (χ4n) is 3.67. The second kappa shape index (κ2) is 5.43. The van der Waals surface area contributed by atoms with Gasteiger partial charge in [-0.25, -0.2) is 27.3 Å². The first kappa shape index (κ1) is 17.0. The van der Waals surface area contributed by atoms with Gasteiger partial charge in [0.25, 0.3) is 0 Å². The maximum absolute atomic E-state index is 14.5. The monoisotopic (exact) mass is 388 g/mol. The van der Waals surface area contributed by atoms with Gasteiger partial charge in [-0.2, -0.15) is 0 Å². The Morgan fingerprint density at radius 3 is 2.79 bits per heavy atom. The van der Waals surface area contributed by atoms with E-state index < -0.39 is 47.6 Å². The van der Waals surface area contributed by atoms with Gasteiger partial charge in [-0.15, -0.1) is 0 Å². The summed E-state index contributed by atoms with van der Waals surface area (Å²) in [5, 5.41) is 1.59. The lowest BCUT2D eigenvalue weighted by atomic mass is 10.00. The standard InChI is InChI=1S/C20H12F4N2O2/c21-13-6-19(23)9-20(19,24)12(17(13)22)8-28-18(27)15-5-11-10-3-1-2-4-14(10)26-16(11)7-25-15/h1-7,26H,8-9H2. The van der Waals surface area contributed by atoms with Crippen LogP contribution in [0.15, 0.2) is 59.8 Å². The highest BCUT2D eigenvalue weighted by Crippen LogP contribution is 2.63. The average molecular weight is 388 g/mol. The minimum absolute atomic E-state index is 0.0831. The Morgan fingerprint density at radius 1 is 1.18 bits per heavy atom. The van der Waals surface area contributed by atoms with E-state index in [1.54, 1.807) is 0 Å². The summed E-state index contributed by atoms with van der Waals surface area (Å²) in [6, 6.07) is 8.92. The van der Waals surface area contributed by atoms with Crippen LogP contribution in [0.1, 0.15) is 16.9 Å². The number of hydrogen-bond acceptors (Lipinski definition) is 3. The predicted octanol–water partition coefficient (Wildman–Crippen LogP) is 4.78. The minimum atomic E-state index is -2.68. The van der Waals surface area contributed by atoms with Crippen molar-refractivity contribution in [1.82, 2.24) is 9.97 Å². The van der Waals surface area contributed by atoms with Gasteiger partial charge < -0.3 is 9.72 Å². The van der Waals surface area contributed by atoms with Crippen molar-refractivity contribution in [3.05, 3.63) is 65.5 Å². The Labute approximate surface area is 155 Å². The summed E-state index contributed by atoms with van der Waals surface area (Å²) >= 11 is 0. The Morgan fingerprint density at radius 2 is 1.96 bits per heavy atom. The number of esters is 1. The number of pyridine rings is 1. The van der Waals surface area contributed by atoms with Gasteiger partial charge >= 0.3 is 5.97 Å². The van der Waals surface area contributed by atoms with Crippen LogP contribution in [-0.2, 0) is 4.74 Å². The number of aromatic nitrogens is 2. The van der Waals surface area contributed by atoms with E-state index >= 15 is 0 Å². The molecule has 5 rings (SSSR count). The van der Waals surface area contributed by atoms with Crippen molar-refractivity contribution < 1.29 is 27.1 Å². The van der Waals surface area contributed by atoms with Crippen LogP contribution in [0.5, 0.6) is 0 Å². The van der Waals surface area contributed by atoms with Crippen LogP contribution in [0.2, 0.25) is 0 Å². The molecule has 2 atom stereocenters. The first-order valence-electron chi connectivity index (χ1n) is 8.52. The van der Waals surface area contributed by atoms with Crippen molar-refractivity contribution in [1.29, 1.82) is 0 Å². The molecule has 28 heavy (non-hydrogen) atoms. The van der Waals surface area contributed by atoms with Crippen LogP contribution >= 0.6 is 0 Å². The van der Waals surface area contributed by atoms with Gasteiger partial charge in [-0.3, -0.25) is 0 Å². The number of H-pyrrole nitrogens is 1. The third kappa shape index (κ3) is 2.23. The summed E-state index contributed by atoms with van der Waals surface area (Å²) in [6.07, 6.45) is 1.03. The quantitative estimate of drug-likeness (QED) is 0.519. The molecule has 2 aliphatic rings. The number of hydrogen-bond donors (Lipinski definition) is 1. The Hall–Kier alpha value is -3.16. The van der Waals surface area contributed by atoms with Gasteiger partial charge in [0, 0.05) is 28.3 Å². The van der Waals surface area contributed by atoms with Crippen LogP contribution in [-0.4, -0.2) is 33.9 Å². The highest BCUT2D eigenvalue weighted by molar-refractivity contribution is 6.08. The number of carbonyl (C=O) groups is 1. The molecule has 2 heterocycles. The molecule has 142 valence electrons. The van der Waals surface area contributed by atoms with E-state index in [1.165, 1.54) is 12.3 Å². The number of halogens is 4. The Bertz CT molecular complexity index is 1230. The normalized spacial score (nSPS) is 26.4. The van der Waals surface area contributed by atoms with Gasteiger partial charge in [0.2, 0.25) is 0 Å². The summed E-state index contributed by atoms with van der Waals surface area (Å²) in [5.41, 5.74) is -4.63. The molecule has 0 bridgehead atoms. The van der Waals surface area contributed by atoms with Gasteiger partial charge in [-0.05, 0) is 18.2 Å². The number of benzene rings is 1. The van der Waals surface area contributed by atoms with Crippen LogP contribution in [0.3, 0.4) is 0 Å². The maximum atomic E-state index is 14.5. The molecule has 1 aromatic carbocycles. The van der Waals surface area contributed by atoms with Crippen LogP contribution in [0.4, 0.5) is 17.6 Å². The number of rotatable bonds is 3. The SMILES string of the molecule is O=C(OCC1=C(F)C(F)=CC2(F)CC12F)c1cc2c(cn1)[nH]c1ccccc12. The lowest BCUT2D eigenvalue weighted by Gasteiger charge is -2.19. The molecule has 0 aliphatic heterocycles. The molecular weight excluding hydrogens is 376 g/mol. The van der Waals surface area contributed by atoms with Crippen molar-refractivity contribution in [3.63, 3.8) is 0 Å². The highest BCUT2D eigenvalue weighted by Gasteiger charge is 2.74. The second-order valence-electron chi connectivity index (χ2n) is 6.99. The van der Waals surface area contributed by atoms with E-state index in [9.17, 15) is 22.4 Å². The molecule has 3 aromatic rings. The summed E-state index contributed by atoms with van der Waals surface area (Å²) < 4.78 is 61.0. The smallest absolute Gasteiger partial charge is 0.357 e. The van der Waals surface area contributed by atoms with Crippen LogP contribution < -0.4 is 0 Å². The summed E-state index contributed by atoms with van der Waals surface area (Å²) in [6.45, 7) is -0.901. The molecule has 0 saturated heterocycles. The number of allylic oxidation sites excluding steroid dienone is 3. The molecule has 1 fully saturated rings. The summed E-state index contributed by atoms with van der Waals surface area (Å²) in [4.78, 5) is 19.5. The molecule has 2 aromatic heterocycles. The molecule has 0 spiro atoms. The lowest BCUT2D eigenvalue weighted by Crippen LogP contribution is -2.26. The average Bonchev–Trinajstić information content (AvgIpc) is 3.06. The van der Waals surface area contributed by atoms with E-state index in [0.717, 1.165) is 16.3 Å². The Balaban J connectivity index is 1.42. The number of ether oxygens (including phenoxy) is 1. The van der Waals surface area contributed by atoms with Crippen molar-refractivity contribution in [2.24, 2.45) is 0 Å². The summed E-state index contributed by atoms with van der Waals surface area (Å²) in [5.74, 6) is -3.96. The molecule has 1 saturated carbocycles. The lowest BCUT2D eigenvalue weighted by molar-refractivity contribution is 0.0506.